The molecule has 0 spiro atoms. The summed E-state index contributed by atoms with van der Waals surface area (Å²) in [4.78, 5) is 23.6. The Morgan fingerprint density at radius 1 is 1.17 bits per heavy atom. The predicted octanol–water partition coefficient (Wildman–Crippen LogP) is 3.46. The normalized spacial score (nSPS) is 9.78. The molecule has 0 aliphatic rings. The van der Waals surface area contributed by atoms with Crippen LogP contribution >= 0.6 is 11.6 Å². The van der Waals surface area contributed by atoms with Gasteiger partial charge in [0.15, 0.2) is 5.78 Å². The van der Waals surface area contributed by atoms with Crippen LogP contribution in [0.4, 0.5) is 11.4 Å². The first-order valence-corrected chi connectivity index (χ1v) is 7.22. The van der Waals surface area contributed by atoms with Crippen molar-refractivity contribution in [2.45, 2.75) is 6.92 Å². The van der Waals surface area contributed by atoms with E-state index >= 15 is 0 Å². The van der Waals surface area contributed by atoms with Crippen molar-refractivity contribution in [1.82, 2.24) is 0 Å². The summed E-state index contributed by atoms with van der Waals surface area (Å²) in [6.45, 7) is 1.42. The SMILES string of the molecule is CC(=O)c1ccccc1NCC(=O)Nc1cc(Cl)ccc1C#N. The van der Waals surface area contributed by atoms with Crippen LogP contribution < -0.4 is 10.6 Å². The molecule has 0 atom stereocenters. The van der Waals surface area contributed by atoms with Gasteiger partial charge in [-0.15, -0.1) is 0 Å². The van der Waals surface area contributed by atoms with E-state index in [9.17, 15) is 9.59 Å². The lowest BCUT2D eigenvalue weighted by Gasteiger charge is -2.11. The van der Waals surface area contributed by atoms with E-state index < -0.39 is 0 Å². The van der Waals surface area contributed by atoms with Gasteiger partial charge in [0, 0.05) is 16.3 Å². The van der Waals surface area contributed by atoms with E-state index in [1.165, 1.54) is 19.1 Å². The van der Waals surface area contributed by atoms with E-state index in [0.29, 0.717) is 27.5 Å². The highest BCUT2D eigenvalue weighted by Crippen LogP contribution is 2.20. The Bertz CT molecular complexity index is 797. The minimum absolute atomic E-state index is 0.0400. The molecule has 2 rings (SSSR count). The van der Waals surface area contributed by atoms with Crippen molar-refractivity contribution in [1.29, 1.82) is 5.26 Å². The first-order chi connectivity index (χ1) is 11.0. The number of anilines is 2. The number of nitrogens with zero attached hydrogens (tertiary/aromatic N) is 1. The van der Waals surface area contributed by atoms with Crippen LogP contribution in [0, 0.1) is 11.3 Å². The number of hydrogen-bond donors (Lipinski definition) is 2. The fourth-order valence-corrected chi connectivity index (χ4v) is 2.20. The summed E-state index contributed by atoms with van der Waals surface area (Å²) < 4.78 is 0. The van der Waals surface area contributed by atoms with Gasteiger partial charge in [-0.3, -0.25) is 9.59 Å². The number of carbonyl (C=O) groups excluding carboxylic acids is 2. The largest absolute Gasteiger partial charge is 0.376 e. The van der Waals surface area contributed by atoms with Gasteiger partial charge in [-0.2, -0.15) is 5.26 Å². The number of nitriles is 1. The van der Waals surface area contributed by atoms with Crippen LogP contribution in [0.1, 0.15) is 22.8 Å². The molecule has 0 saturated carbocycles. The fourth-order valence-electron chi connectivity index (χ4n) is 2.03. The topological polar surface area (TPSA) is 82.0 Å². The summed E-state index contributed by atoms with van der Waals surface area (Å²) in [6.07, 6.45) is 0. The van der Waals surface area contributed by atoms with E-state index in [0.717, 1.165) is 0 Å². The van der Waals surface area contributed by atoms with Gasteiger partial charge in [-0.05, 0) is 37.3 Å². The van der Waals surface area contributed by atoms with Gasteiger partial charge in [-0.25, -0.2) is 0 Å². The van der Waals surface area contributed by atoms with Crippen LogP contribution in [0.2, 0.25) is 5.02 Å². The first-order valence-electron chi connectivity index (χ1n) is 6.84. The number of hydrogen-bond acceptors (Lipinski definition) is 4. The van der Waals surface area contributed by atoms with E-state index in [2.05, 4.69) is 10.6 Å². The number of para-hydroxylation sites is 1. The Morgan fingerprint density at radius 3 is 2.61 bits per heavy atom. The summed E-state index contributed by atoms with van der Waals surface area (Å²) >= 11 is 5.87. The van der Waals surface area contributed by atoms with Gasteiger partial charge in [-0.1, -0.05) is 23.7 Å². The van der Waals surface area contributed by atoms with Crippen molar-refractivity contribution in [2.24, 2.45) is 0 Å². The number of Topliss-reactive ketones (excluding diaryl/α,β-unsaturated/α-hetero) is 1. The lowest BCUT2D eigenvalue weighted by Crippen LogP contribution is -2.23. The maximum atomic E-state index is 12.0. The second kappa shape index (κ2) is 7.43. The molecule has 116 valence electrons. The monoisotopic (exact) mass is 327 g/mol. The van der Waals surface area contributed by atoms with Crippen LogP contribution in [0.15, 0.2) is 42.5 Å². The average molecular weight is 328 g/mol. The number of benzene rings is 2. The van der Waals surface area contributed by atoms with Gasteiger partial charge in [0.2, 0.25) is 5.91 Å². The molecule has 0 aliphatic carbocycles. The van der Waals surface area contributed by atoms with Crippen LogP contribution in [-0.2, 0) is 4.79 Å². The second-order valence-corrected chi connectivity index (χ2v) is 5.24. The van der Waals surface area contributed by atoms with Gasteiger partial charge >= 0.3 is 0 Å². The average Bonchev–Trinajstić information content (AvgIpc) is 2.53. The van der Waals surface area contributed by atoms with Crippen molar-refractivity contribution in [3.8, 4) is 6.07 Å². The molecule has 2 aromatic rings. The van der Waals surface area contributed by atoms with Crippen molar-refractivity contribution in [3.63, 3.8) is 0 Å². The van der Waals surface area contributed by atoms with Gasteiger partial charge in [0.05, 0.1) is 17.8 Å². The zero-order valence-electron chi connectivity index (χ0n) is 12.4. The summed E-state index contributed by atoms with van der Waals surface area (Å²) in [7, 11) is 0. The molecule has 0 saturated heterocycles. The molecule has 0 fully saturated rings. The molecule has 6 heteroatoms. The molecule has 2 N–H and O–H groups in total. The summed E-state index contributed by atoms with van der Waals surface area (Å²) in [6, 6.07) is 13.6. The molecule has 0 bridgehead atoms. The van der Waals surface area contributed by atoms with Gasteiger partial charge in [0.25, 0.3) is 0 Å². The van der Waals surface area contributed by atoms with Gasteiger partial charge < -0.3 is 10.6 Å². The number of amides is 1. The van der Waals surface area contributed by atoms with Crippen LogP contribution in [0.25, 0.3) is 0 Å². The summed E-state index contributed by atoms with van der Waals surface area (Å²) in [5.74, 6) is -0.433. The first kappa shape index (κ1) is 16.5. The number of halogens is 1. The van der Waals surface area contributed by atoms with Crippen LogP contribution in [0.5, 0.6) is 0 Å². The molecular weight excluding hydrogens is 314 g/mol. The molecule has 2 aromatic carbocycles. The minimum atomic E-state index is -0.345. The van der Waals surface area contributed by atoms with Crippen LogP contribution in [-0.4, -0.2) is 18.2 Å². The number of nitrogens with one attached hydrogen (secondary N) is 2. The number of carbonyl (C=O) groups is 2. The third kappa shape index (κ3) is 4.31. The Balaban J connectivity index is 2.06. The smallest absolute Gasteiger partial charge is 0.243 e. The van der Waals surface area contributed by atoms with E-state index in [4.69, 9.17) is 16.9 Å². The zero-order valence-corrected chi connectivity index (χ0v) is 13.1. The Labute approximate surface area is 138 Å². The molecule has 5 nitrogen and oxygen atoms in total. The predicted molar refractivity (Wildman–Crippen MR) is 89.7 cm³/mol. The quantitative estimate of drug-likeness (QED) is 0.824. The van der Waals surface area contributed by atoms with E-state index in [-0.39, 0.29) is 18.2 Å². The lowest BCUT2D eigenvalue weighted by atomic mass is 10.1. The van der Waals surface area contributed by atoms with Crippen molar-refractivity contribution in [2.75, 3.05) is 17.2 Å². The maximum absolute atomic E-state index is 12.0. The van der Waals surface area contributed by atoms with Gasteiger partial charge in [0.1, 0.15) is 6.07 Å². The Hall–Kier alpha value is -2.84. The molecule has 1 amide bonds. The van der Waals surface area contributed by atoms with Crippen molar-refractivity contribution < 1.29 is 9.59 Å². The minimum Gasteiger partial charge on any atom is -0.376 e. The highest BCUT2D eigenvalue weighted by atomic mass is 35.5. The fraction of sp³-hybridized carbons (Fsp3) is 0.118. The summed E-state index contributed by atoms with van der Waals surface area (Å²) in [5, 5.41) is 15.0. The number of rotatable bonds is 5. The standard InChI is InChI=1S/C17H14ClN3O2/c1-11(22)14-4-2-3-5-15(14)20-10-17(23)21-16-8-13(18)7-6-12(16)9-19/h2-8,20H,10H2,1H3,(H,21,23). The third-order valence-corrected chi connectivity index (χ3v) is 3.36. The highest BCUT2D eigenvalue weighted by molar-refractivity contribution is 6.31. The van der Waals surface area contributed by atoms with Crippen molar-refractivity contribution in [3.05, 3.63) is 58.6 Å². The second-order valence-electron chi connectivity index (χ2n) is 4.81. The molecule has 0 unspecified atom stereocenters. The molecule has 0 radical (unpaired) electrons. The Morgan fingerprint density at radius 2 is 1.91 bits per heavy atom. The van der Waals surface area contributed by atoms with E-state index in [1.807, 2.05) is 6.07 Å². The van der Waals surface area contributed by atoms with Crippen molar-refractivity contribution >= 4 is 34.7 Å². The summed E-state index contributed by atoms with van der Waals surface area (Å²) in [5.41, 5.74) is 1.78. The lowest BCUT2D eigenvalue weighted by molar-refractivity contribution is -0.114. The molecular formula is C17H14ClN3O2. The highest BCUT2D eigenvalue weighted by Gasteiger charge is 2.10. The zero-order chi connectivity index (χ0) is 16.8. The molecule has 0 heterocycles. The Kier molecular flexibility index (Phi) is 5.34. The molecule has 0 aliphatic heterocycles. The number of ketones is 1. The van der Waals surface area contributed by atoms with Crippen LogP contribution in [0.3, 0.4) is 0 Å². The molecule has 23 heavy (non-hydrogen) atoms. The van der Waals surface area contributed by atoms with E-state index in [1.54, 1.807) is 30.3 Å². The molecule has 0 aromatic heterocycles. The third-order valence-electron chi connectivity index (χ3n) is 3.12. The maximum Gasteiger partial charge on any atom is 0.243 e.